The van der Waals surface area contributed by atoms with Crippen molar-refractivity contribution in [3.05, 3.63) is 29.8 Å². The fourth-order valence-electron chi connectivity index (χ4n) is 1.76. The van der Waals surface area contributed by atoms with E-state index in [2.05, 4.69) is 4.74 Å². The number of hydrogen-bond donors (Lipinski definition) is 1. The first-order chi connectivity index (χ1) is 11.3. The minimum absolute atomic E-state index is 0.426. The molecule has 0 aromatic heterocycles. The molecule has 130 valence electrons. The number of rotatable bonds is 5. The van der Waals surface area contributed by atoms with Crippen molar-refractivity contribution < 1.29 is 37.0 Å². The number of carbonyl (C=O) groups excluding carboxylic acids is 2. The number of alkyl halides is 3. The summed E-state index contributed by atoms with van der Waals surface area (Å²) in [5, 5.41) is 1.59. The molecular weight excluding hydrogens is 331 g/mol. The van der Waals surface area contributed by atoms with E-state index in [-0.39, 0.29) is 0 Å². The van der Waals surface area contributed by atoms with Crippen molar-refractivity contribution in [2.24, 2.45) is 0 Å². The van der Waals surface area contributed by atoms with E-state index in [1.807, 2.05) is 0 Å². The monoisotopic (exact) mass is 345 g/mol. The molecule has 1 amide bonds. The van der Waals surface area contributed by atoms with Gasteiger partial charge in [0.25, 0.3) is 5.91 Å². The lowest BCUT2D eigenvalue weighted by molar-refractivity contribution is -0.148. The Morgan fingerprint density at radius 1 is 1.21 bits per heavy atom. The van der Waals surface area contributed by atoms with Crippen molar-refractivity contribution in [1.82, 2.24) is 5.32 Å². The van der Waals surface area contributed by atoms with E-state index >= 15 is 0 Å². The van der Waals surface area contributed by atoms with E-state index in [0.717, 1.165) is 6.08 Å². The van der Waals surface area contributed by atoms with Crippen LogP contribution in [0.1, 0.15) is 5.56 Å². The van der Waals surface area contributed by atoms with Crippen LogP contribution in [-0.2, 0) is 14.3 Å². The van der Waals surface area contributed by atoms with Gasteiger partial charge in [0, 0.05) is 6.08 Å². The largest absolute Gasteiger partial charge is 0.486 e. The number of fused-ring (bicyclic) bond motifs is 1. The minimum Gasteiger partial charge on any atom is -0.486 e. The highest BCUT2D eigenvalue weighted by Gasteiger charge is 2.27. The molecule has 0 aliphatic carbocycles. The average molecular weight is 345 g/mol. The van der Waals surface area contributed by atoms with Crippen molar-refractivity contribution in [2.75, 3.05) is 26.4 Å². The van der Waals surface area contributed by atoms with Crippen LogP contribution in [0, 0.1) is 0 Å². The van der Waals surface area contributed by atoms with Crippen LogP contribution in [0.25, 0.3) is 6.08 Å². The van der Waals surface area contributed by atoms with Crippen LogP contribution in [0.3, 0.4) is 0 Å². The first-order valence-electron chi connectivity index (χ1n) is 6.91. The molecule has 0 unspecified atom stereocenters. The zero-order chi connectivity index (χ0) is 17.6. The van der Waals surface area contributed by atoms with E-state index in [1.165, 1.54) is 6.08 Å². The summed E-state index contributed by atoms with van der Waals surface area (Å²) < 4.78 is 50.9. The van der Waals surface area contributed by atoms with E-state index in [0.29, 0.717) is 30.3 Å². The molecule has 1 aliphatic heterocycles. The maximum absolute atomic E-state index is 11.9. The third-order valence-electron chi connectivity index (χ3n) is 2.81. The maximum atomic E-state index is 11.9. The SMILES string of the molecule is O=C(COC(=O)/C=C/c1ccc2c(c1)OCCO2)NCC(F)(F)F. The van der Waals surface area contributed by atoms with Gasteiger partial charge in [0.15, 0.2) is 18.1 Å². The predicted molar refractivity (Wildman–Crippen MR) is 76.5 cm³/mol. The van der Waals surface area contributed by atoms with Gasteiger partial charge in [-0.15, -0.1) is 0 Å². The number of nitrogens with one attached hydrogen (secondary N) is 1. The van der Waals surface area contributed by atoms with Gasteiger partial charge in [0.2, 0.25) is 0 Å². The first-order valence-corrected chi connectivity index (χ1v) is 6.91. The summed E-state index contributed by atoms with van der Waals surface area (Å²) in [7, 11) is 0. The lowest BCUT2D eigenvalue weighted by Crippen LogP contribution is -2.36. The van der Waals surface area contributed by atoms with E-state index in [4.69, 9.17) is 9.47 Å². The van der Waals surface area contributed by atoms with Gasteiger partial charge in [-0.2, -0.15) is 13.2 Å². The lowest BCUT2D eigenvalue weighted by atomic mass is 10.2. The molecule has 24 heavy (non-hydrogen) atoms. The molecule has 1 heterocycles. The van der Waals surface area contributed by atoms with Crippen LogP contribution >= 0.6 is 0 Å². The number of benzene rings is 1. The highest BCUT2D eigenvalue weighted by molar-refractivity contribution is 5.89. The van der Waals surface area contributed by atoms with Crippen molar-refractivity contribution in [3.63, 3.8) is 0 Å². The smallest absolute Gasteiger partial charge is 0.405 e. The van der Waals surface area contributed by atoms with Crippen molar-refractivity contribution >= 4 is 18.0 Å². The van der Waals surface area contributed by atoms with Crippen LogP contribution in [0.2, 0.25) is 0 Å². The van der Waals surface area contributed by atoms with Crippen molar-refractivity contribution in [3.8, 4) is 11.5 Å². The summed E-state index contributed by atoms with van der Waals surface area (Å²) in [6.07, 6.45) is -2.03. The second-order valence-electron chi connectivity index (χ2n) is 4.74. The van der Waals surface area contributed by atoms with Gasteiger partial charge < -0.3 is 19.5 Å². The zero-order valence-corrected chi connectivity index (χ0v) is 12.4. The molecular formula is C15H14F3NO5. The van der Waals surface area contributed by atoms with Crippen LogP contribution in [0.4, 0.5) is 13.2 Å². The van der Waals surface area contributed by atoms with Gasteiger partial charge in [-0.3, -0.25) is 4.79 Å². The lowest BCUT2D eigenvalue weighted by Gasteiger charge is -2.18. The molecule has 1 aliphatic rings. The van der Waals surface area contributed by atoms with Gasteiger partial charge in [0.1, 0.15) is 19.8 Å². The topological polar surface area (TPSA) is 73.9 Å². The summed E-state index contributed by atoms with van der Waals surface area (Å²) in [5.41, 5.74) is 0.637. The molecule has 0 bridgehead atoms. The first kappa shape index (κ1) is 17.6. The minimum atomic E-state index is -4.52. The molecule has 9 heteroatoms. The Hall–Kier alpha value is -2.71. The Kier molecular flexibility index (Phi) is 5.67. The molecule has 0 fully saturated rings. The molecule has 0 atom stereocenters. The van der Waals surface area contributed by atoms with Crippen molar-refractivity contribution in [1.29, 1.82) is 0 Å². The number of ether oxygens (including phenoxy) is 3. The second kappa shape index (κ2) is 7.71. The molecule has 6 nitrogen and oxygen atoms in total. The molecule has 0 saturated carbocycles. The van der Waals surface area contributed by atoms with E-state index < -0.39 is 31.2 Å². The third-order valence-corrected chi connectivity index (χ3v) is 2.81. The van der Waals surface area contributed by atoms with E-state index in [1.54, 1.807) is 23.5 Å². The number of amides is 1. The Morgan fingerprint density at radius 3 is 2.62 bits per heavy atom. The van der Waals surface area contributed by atoms with Gasteiger partial charge >= 0.3 is 12.1 Å². The molecule has 1 aromatic rings. The Morgan fingerprint density at radius 2 is 1.92 bits per heavy atom. The summed E-state index contributed by atoms with van der Waals surface area (Å²) in [6.45, 7) is -1.38. The zero-order valence-electron chi connectivity index (χ0n) is 12.4. The summed E-state index contributed by atoms with van der Waals surface area (Å²) >= 11 is 0. The normalized spacial score (nSPS) is 13.6. The predicted octanol–water partition coefficient (Wildman–Crippen LogP) is 1.69. The van der Waals surface area contributed by atoms with Gasteiger partial charge in [-0.25, -0.2) is 4.79 Å². The van der Waals surface area contributed by atoms with Gasteiger partial charge in [0.05, 0.1) is 0 Å². The van der Waals surface area contributed by atoms with Crippen LogP contribution in [0.15, 0.2) is 24.3 Å². The fraction of sp³-hybridized carbons (Fsp3) is 0.333. The molecule has 1 aromatic carbocycles. The Balaban J connectivity index is 1.79. The van der Waals surface area contributed by atoms with Crippen molar-refractivity contribution in [2.45, 2.75) is 6.18 Å². The highest BCUT2D eigenvalue weighted by atomic mass is 19.4. The average Bonchev–Trinajstić information content (AvgIpc) is 2.55. The number of hydrogen-bond acceptors (Lipinski definition) is 5. The van der Waals surface area contributed by atoms with Gasteiger partial charge in [-0.05, 0) is 23.8 Å². The maximum Gasteiger partial charge on any atom is 0.405 e. The summed E-state index contributed by atoms with van der Waals surface area (Å²) in [4.78, 5) is 22.5. The van der Waals surface area contributed by atoms with Gasteiger partial charge in [-0.1, -0.05) is 6.07 Å². The molecule has 0 radical (unpaired) electrons. The Bertz CT molecular complexity index is 642. The quantitative estimate of drug-likeness (QED) is 0.649. The molecule has 0 spiro atoms. The molecule has 2 rings (SSSR count). The van der Waals surface area contributed by atoms with Crippen LogP contribution < -0.4 is 14.8 Å². The summed E-state index contributed by atoms with van der Waals surface area (Å²) in [6, 6.07) is 5.03. The number of carbonyl (C=O) groups is 2. The molecule has 0 saturated heterocycles. The highest BCUT2D eigenvalue weighted by Crippen LogP contribution is 2.31. The third kappa shape index (κ3) is 5.82. The molecule has 1 N–H and O–H groups in total. The van der Waals surface area contributed by atoms with Crippen LogP contribution in [0.5, 0.6) is 11.5 Å². The van der Waals surface area contributed by atoms with Crippen LogP contribution in [-0.4, -0.2) is 44.4 Å². The number of halogens is 3. The Labute approximate surface area is 135 Å². The number of esters is 1. The standard InChI is InChI=1S/C15H14F3NO5/c16-15(17,18)9-19-13(20)8-24-14(21)4-2-10-1-3-11-12(7-10)23-6-5-22-11/h1-4,7H,5-6,8-9H2,(H,19,20)/b4-2+. The van der Waals surface area contributed by atoms with E-state index in [9.17, 15) is 22.8 Å². The fourth-order valence-corrected chi connectivity index (χ4v) is 1.76. The second-order valence-corrected chi connectivity index (χ2v) is 4.74. The summed E-state index contributed by atoms with van der Waals surface area (Å²) in [5.74, 6) is -0.744.